The van der Waals surface area contributed by atoms with E-state index in [1.807, 2.05) is 58.4 Å². The second-order valence-electron chi connectivity index (χ2n) is 9.37. The van der Waals surface area contributed by atoms with Crippen molar-refractivity contribution in [1.29, 1.82) is 0 Å². The number of ether oxygens (including phenoxy) is 1. The molecule has 0 radical (unpaired) electrons. The molecule has 6 rings (SSSR count). The van der Waals surface area contributed by atoms with Gasteiger partial charge in [-0.05, 0) is 56.9 Å². The number of aliphatic imine (C=N–C) groups is 1. The number of nitrogens with zero attached hydrogens (tertiary/aromatic N) is 5. The molecule has 1 saturated carbocycles. The minimum atomic E-state index is 0.174. The lowest BCUT2D eigenvalue weighted by molar-refractivity contribution is -0.120. The molecule has 1 amide bonds. The Hall–Kier alpha value is -3.61. The molecule has 0 spiro atoms. The van der Waals surface area contributed by atoms with Gasteiger partial charge in [0.15, 0.2) is 5.75 Å². The van der Waals surface area contributed by atoms with Crippen LogP contribution in [-0.4, -0.2) is 47.6 Å². The molecule has 0 saturated heterocycles. The number of hydrogen-bond acceptors (Lipinski definition) is 5. The number of rotatable bonds is 5. The maximum atomic E-state index is 13.2. The molecule has 1 aliphatic carbocycles. The molecule has 1 aromatic heterocycles. The number of hydrogen-bond donors (Lipinski definition) is 0. The number of para-hydroxylation sites is 1. The third kappa shape index (κ3) is 3.85. The van der Waals surface area contributed by atoms with Crippen molar-refractivity contribution in [3.63, 3.8) is 0 Å². The summed E-state index contributed by atoms with van der Waals surface area (Å²) in [6.07, 6.45) is 9.68. The van der Waals surface area contributed by atoms with Crippen molar-refractivity contribution in [1.82, 2.24) is 9.78 Å². The molecule has 0 bridgehead atoms. The van der Waals surface area contributed by atoms with Gasteiger partial charge in [0.1, 0.15) is 11.4 Å². The number of carbonyl (C=O) groups excluding carboxylic acids is 1. The molecule has 2 aliphatic heterocycles. The van der Waals surface area contributed by atoms with Crippen LogP contribution in [0.4, 0.5) is 11.4 Å². The van der Waals surface area contributed by atoms with Crippen molar-refractivity contribution in [3.8, 4) is 17.2 Å². The van der Waals surface area contributed by atoms with Crippen molar-refractivity contribution >= 4 is 23.5 Å². The van der Waals surface area contributed by atoms with Gasteiger partial charge in [0.05, 0.1) is 36.9 Å². The summed E-state index contributed by atoms with van der Waals surface area (Å²) in [5, 5.41) is 4.69. The van der Waals surface area contributed by atoms with Gasteiger partial charge in [-0.25, -0.2) is 4.68 Å². The van der Waals surface area contributed by atoms with Gasteiger partial charge in [0.25, 0.3) is 0 Å². The molecule has 3 aromatic rings. The first-order valence-corrected chi connectivity index (χ1v) is 12.2. The standard InChI is InChI=1S/C27H29N5O2/c1-19-7-10-23-24(32(19)27(33)20-8-9-20)11-12-25(26(23)34-22-5-3-2-4-6-22)31-18-21(17-29-31)30-15-13-28-14-16-30/h2-6,11-13,17-20H,7-10,14-16H2,1H3. The maximum absolute atomic E-state index is 13.2. The van der Waals surface area contributed by atoms with Crippen LogP contribution >= 0.6 is 0 Å². The molecule has 1 fully saturated rings. The first kappa shape index (κ1) is 21.0. The Morgan fingerprint density at radius 2 is 1.88 bits per heavy atom. The number of benzene rings is 2. The Bertz CT molecular complexity index is 1230. The fourth-order valence-corrected chi connectivity index (χ4v) is 4.92. The number of aromatic nitrogens is 2. The average Bonchev–Trinajstić information content (AvgIpc) is 3.61. The zero-order valence-electron chi connectivity index (χ0n) is 19.4. The van der Waals surface area contributed by atoms with Crippen LogP contribution in [0, 0.1) is 5.92 Å². The summed E-state index contributed by atoms with van der Waals surface area (Å²) in [7, 11) is 0. The lowest BCUT2D eigenvalue weighted by Gasteiger charge is -2.36. The highest BCUT2D eigenvalue weighted by Crippen LogP contribution is 2.44. The molecule has 34 heavy (non-hydrogen) atoms. The van der Waals surface area contributed by atoms with E-state index in [2.05, 4.69) is 29.1 Å². The fourth-order valence-electron chi connectivity index (χ4n) is 4.92. The Kier molecular flexibility index (Phi) is 5.32. The van der Waals surface area contributed by atoms with Crippen molar-refractivity contribution in [2.75, 3.05) is 29.4 Å². The monoisotopic (exact) mass is 455 g/mol. The predicted octanol–water partition coefficient (Wildman–Crippen LogP) is 4.63. The topological polar surface area (TPSA) is 63.0 Å². The van der Waals surface area contributed by atoms with Gasteiger partial charge >= 0.3 is 0 Å². The smallest absolute Gasteiger partial charge is 0.230 e. The van der Waals surface area contributed by atoms with Crippen LogP contribution in [0.2, 0.25) is 0 Å². The molecular weight excluding hydrogens is 426 g/mol. The van der Waals surface area contributed by atoms with Crippen molar-refractivity contribution < 1.29 is 9.53 Å². The second-order valence-corrected chi connectivity index (χ2v) is 9.37. The Morgan fingerprint density at radius 1 is 1.06 bits per heavy atom. The average molecular weight is 456 g/mol. The van der Waals surface area contributed by atoms with Gasteiger partial charge in [0.2, 0.25) is 5.91 Å². The van der Waals surface area contributed by atoms with Gasteiger partial charge in [0, 0.05) is 30.3 Å². The molecule has 1 unspecified atom stereocenters. The van der Waals surface area contributed by atoms with E-state index < -0.39 is 0 Å². The summed E-state index contributed by atoms with van der Waals surface area (Å²) >= 11 is 0. The van der Waals surface area contributed by atoms with Crippen LogP contribution in [0.5, 0.6) is 11.5 Å². The molecule has 3 heterocycles. The molecule has 0 N–H and O–H groups in total. The molecule has 7 heteroatoms. The minimum Gasteiger partial charge on any atom is -0.455 e. The van der Waals surface area contributed by atoms with Crippen molar-refractivity contribution in [2.24, 2.45) is 10.9 Å². The van der Waals surface area contributed by atoms with Gasteiger partial charge in [-0.2, -0.15) is 5.10 Å². The van der Waals surface area contributed by atoms with E-state index in [1.54, 1.807) is 0 Å². The van der Waals surface area contributed by atoms with Crippen LogP contribution in [0.3, 0.4) is 0 Å². The van der Waals surface area contributed by atoms with E-state index in [4.69, 9.17) is 9.84 Å². The van der Waals surface area contributed by atoms with E-state index in [0.29, 0.717) is 0 Å². The summed E-state index contributed by atoms with van der Waals surface area (Å²) < 4.78 is 8.42. The number of amides is 1. The van der Waals surface area contributed by atoms with Crippen molar-refractivity contribution in [2.45, 2.75) is 38.6 Å². The number of anilines is 2. The largest absolute Gasteiger partial charge is 0.455 e. The highest BCUT2D eigenvalue weighted by atomic mass is 16.5. The van der Waals surface area contributed by atoms with E-state index in [9.17, 15) is 4.79 Å². The number of carbonyl (C=O) groups is 1. The van der Waals surface area contributed by atoms with Gasteiger partial charge in [-0.15, -0.1) is 0 Å². The SMILES string of the molecule is CC1CCc2c(ccc(-n3cc(N4CC=NCC4)cn3)c2Oc2ccccc2)N1C(=O)C1CC1. The number of fused-ring (bicyclic) bond motifs is 1. The maximum Gasteiger partial charge on any atom is 0.230 e. The molecule has 174 valence electrons. The third-order valence-corrected chi connectivity index (χ3v) is 6.97. The molecule has 2 aromatic carbocycles. The van der Waals surface area contributed by atoms with Crippen molar-refractivity contribution in [3.05, 3.63) is 60.4 Å². The Balaban J connectivity index is 1.44. The van der Waals surface area contributed by atoms with Crippen LogP contribution < -0.4 is 14.5 Å². The zero-order valence-corrected chi connectivity index (χ0v) is 19.4. The highest BCUT2D eigenvalue weighted by molar-refractivity contribution is 5.98. The third-order valence-electron chi connectivity index (χ3n) is 6.97. The van der Waals surface area contributed by atoms with Crippen LogP contribution in [0.25, 0.3) is 5.69 Å². The summed E-state index contributed by atoms with van der Waals surface area (Å²) in [5.41, 5.74) is 4.00. The lowest BCUT2D eigenvalue weighted by atomic mass is 9.94. The first-order chi connectivity index (χ1) is 16.7. The summed E-state index contributed by atoms with van der Waals surface area (Å²) in [5.74, 6) is 1.97. The van der Waals surface area contributed by atoms with Gasteiger partial charge in [-0.1, -0.05) is 18.2 Å². The molecule has 7 nitrogen and oxygen atoms in total. The quantitative estimate of drug-likeness (QED) is 0.563. The molecule has 1 atom stereocenters. The van der Waals surface area contributed by atoms with Crippen LogP contribution in [-0.2, 0) is 11.2 Å². The zero-order chi connectivity index (χ0) is 23.1. The minimum absolute atomic E-state index is 0.174. The predicted molar refractivity (Wildman–Crippen MR) is 134 cm³/mol. The molecular formula is C27H29N5O2. The van der Waals surface area contributed by atoms with E-state index in [-0.39, 0.29) is 17.9 Å². The summed E-state index contributed by atoms with van der Waals surface area (Å²) in [6.45, 7) is 4.63. The van der Waals surface area contributed by atoms with Gasteiger partial charge < -0.3 is 14.5 Å². The summed E-state index contributed by atoms with van der Waals surface area (Å²) in [6, 6.07) is 14.1. The fraction of sp³-hybridized carbons (Fsp3) is 0.370. The van der Waals surface area contributed by atoms with E-state index in [0.717, 1.165) is 79.4 Å². The van der Waals surface area contributed by atoms with Crippen LogP contribution in [0.15, 0.2) is 59.9 Å². The Morgan fingerprint density at radius 3 is 2.65 bits per heavy atom. The first-order valence-electron chi connectivity index (χ1n) is 12.2. The summed E-state index contributed by atoms with van der Waals surface area (Å²) in [4.78, 5) is 21.8. The van der Waals surface area contributed by atoms with Crippen LogP contribution in [0.1, 0.15) is 31.7 Å². The highest BCUT2D eigenvalue weighted by Gasteiger charge is 2.39. The lowest BCUT2D eigenvalue weighted by Crippen LogP contribution is -2.43. The van der Waals surface area contributed by atoms with Gasteiger partial charge in [-0.3, -0.25) is 9.79 Å². The normalized spacial score (nSPS) is 19.7. The second kappa shape index (κ2) is 8.63. The van der Waals surface area contributed by atoms with E-state index >= 15 is 0 Å². The Labute approximate surface area is 199 Å². The molecule has 3 aliphatic rings. The van der Waals surface area contributed by atoms with E-state index in [1.165, 1.54) is 0 Å².